The molecule has 1 fully saturated rings. The summed E-state index contributed by atoms with van der Waals surface area (Å²) in [5, 5.41) is 5.93. The van der Waals surface area contributed by atoms with E-state index < -0.39 is 35.5 Å². The van der Waals surface area contributed by atoms with Gasteiger partial charge in [-0.25, -0.2) is 4.39 Å². The Labute approximate surface area is 206 Å². The minimum atomic E-state index is -1.16. The van der Waals surface area contributed by atoms with Gasteiger partial charge in [-0.05, 0) is 55.2 Å². The first-order valence-electron chi connectivity index (χ1n) is 10.7. The van der Waals surface area contributed by atoms with Crippen molar-refractivity contribution < 1.29 is 23.6 Å². The fourth-order valence-corrected chi connectivity index (χ4v) is 3.94. The predicted octanol–water partition coefficient (Wildman–Crippen LogP) is 2.91. The lowest BCUT2D eigenvalue weighted by molar-refractivity contribution is -0.146. The van der Waals surface area contributed by atoms with Crippen molar-refractivity contribution in [3.8, 4) is 0 Å². The summed E-state index contributed by atoms with van der Waals surface area (Å²) in [4.78, 5) is 50.8. The highest BCUT2D eigenvalue weighted by Gasteiger charge is 2.41. The first-order valence-corrected chi connectivity index (χ1v) is 11.5. The van der Waals surface area contributed by atoms with Crippen LogP contribution in [0.25, 0.3) is 0 Å². The van der Waals surface area contributed by atoms with E-state index in [1.807, 2.05) is 6.07 Å². The Kier molecular flexibility index (Phi) is 8.63. The van der Waals surface area contributed by atoms with Crippen LogP contribution in [0.4, 0.5) is 4.39 Å². The fraction of sp³-hybridized carbons (Fsp3) is 0.333. The Bertz CT molecular complexity index is 1090. The van der Waals surface area contributed by atoms with Crippen molar-refractivity contribution in [1.82, 2.24) is 15.5 Å². The lowest BCUT2D eigenvalue weighted by Gasteiger charge is -2.30. The van der Waals surface area contributed by atoms with Gasteiger partial charge in [0.1, 0.15) is 11.7 Å². The first kappa shape index (κ1) is 25.6. The normalized spacial score (nSPS) is 16.2. The summed E-state index contributed by atoms with van der Waals surface area (Å²) < 4.78 is 13.1. The van der Waals surface area contributed by atoms with Crippen LogP contribution in [0.5, 0.6) is 0 Å². The van der Waals surface area contributed by atoms with E-state index in [4.69, 9.17) is 23.2 Å². The average molecular weight is 508 g/mol. The van der Waals surface area contributed by atoms with Crippen molar-refractivity contribution in [3.63, 3.8) is 0 Å². The molecule has 2 N–H and O–H groups in total. The van der Waals surface area contributed by atoms with Crippen LogP contribution in [-0.2, 0) is 32.1 Å². The van der Waals surface area contributed by atoms with Gasteiger partial charge in [-0.2, -0.15) is 0 Å². The maximum Gasteiger partial charge on any atom is 0.288 e. The SMILES string of the molecule is CC(CCc1ccc(Cl)c(Cl)c1)N(CC(=O)NCc1ccc(F)cc1)C(=O)C1CNC(=O)C1=O. The maximum atomic E-state index is 13.2. The van der Waals surface area contributed by atoms with Crippen LogP contribution in [-0.4, -0.2) is 47.5 Å². The molecule has 34 heavy (non-hydrogen) atoms. The van der Waals surface area contributed by atoms with Crippen molar-refractivity contribution in [1.29, 1.82) is 0 Å². The first-order chi connectivity index (χ1) is 16.2. The summed E-state index contributed by atoms with van der Waals surface area (Å²) in [6.45, 7) is 1.54. The molecule has 0 bridgehead atoms. The van der Waals surface area contributed by atoms with Gasteiger partial charge in [0.05, 0.1) is 16.6 Å². The maximum absolute atomic E-state index is 13.2. The van der Waals surface area contributed by atoms with Crippen LogP contribution in [0, 0.1) is 11.7 Å². The molecule has 0 aliphatic carbocycles. The van der Waals surface area contributed by atoms with Gasteiger partial charge in [0.25, 0.3) is 5.91 Å². The molecule has 7 nitrogen and oxygen atoms in total. The van der Waals surface area contributed by atoms with Gasteiger partial charge in [-0.15, -0.1) is 0 Å². The summed E-state index contributed by atoms with van der Waals surface area (Å²) in [6, 6.07) is 10.5. The Morgan fingerprint density at radius 3 is 2.41 bits per heavy atom. The number of Topliss-reactive ketones (excluding diaryl/α,β-unsaturated/α-hetero) is 1. The van der Waals surface area contributed by atoms with Gasteiger partial charge in [-0.3, -0.25) is 19.2 Å². The second kappa shape index (κ2) is 11.4. The number of aryl methyl sites for hydroxylation is 1. The third-order valence-electron chi connectivity index (χ3n) is 5.67. The number of carbonyl (C=O) groups excluding carboxylic acids is 4. The van der Waals surface area contributed by atoms with Gasteiger partial charge in [0.2, 0.25) is 17.6 Å². The third kappa shape index (κ3) is 6.55. The molecule has 0 spiro atoms. The van der Waals surface area contributed by atoms with E-state index in [0.29, 0.717) is 28.5 Å². The van der Waals surface area contributed by atoms with E-state index in [-0.39, 0.29) is 25.5 Å². The van der Waals surface area contributed by atoms with E-state index in [1.165, 1.54) is 17.0 Å². The van der Waals surface area contributed by atoms with Crippen LogP contribution >= 0.6 is 23.2 Å². The number of halogens is 3. The molecule has 180 valence electrons. The topological polar surface area (TPSA) is 95.6 Å². The molecule has 2 aromatic rings. The lowest BCUT2D eigenvalue weighted by Crippen LogP contribution is -2.49. The van der Waals surface area contributed by atoms with Gasteiger partial charge in [0.15, 0.2) is 0 Å². The van der Waals surface area contributed by atoms with Crippen molar-refractivity contribution in [2.45, 2.75) is 32.4 Å². The standard InChI is InChI=1S/C24H24Cl2FN3O4/c1-14(2-3-15-6-9-19(25)20(26)10-15)30(24(34)18-12-29-23(33)22(18)32)13-21(31)28-11-16-4-7-17(27)8-5-16/h4-10,14,18H,2-3,11-13H2,1H3,(H,28,31)(H,29,33). The van der Waals surface area contributed by atoms with Crippen molar-refractivity contribution in [3.05, 3.63) is 69.5 Å². The van der Waals surface area contributed by atoms with Crippen molar-refractivity contribution in [2.75, 3.05) is 13.1 Å². The number of rotatable bonds is 9. The molecule has 0 saturated carbocycles. The molecular formula is C24H24Cl2FN3O4. The molecule has 3 amide bonds. The van der Waals surface area contributed by atoms with Crippen LogP contribution in [0.2, 0.25) is 10.0 Å². The molecule has 2 unspecified atom stereocenters. The molecule has 0 radical (unpaired) electrons. The fourth-order valence-electron chi connectivity index (χ4n) is 3.62. The summed E-state index contributed by atoms with van der Waals surface area (Å²) in [5.41, 5.74) is 1.60. The Balaban J connectivity index is 1.68. The Morgan fingerprint density at radius 1 is 1.12 bits per heavy atom. The summed E-state index contributed by atoms with van der Waals surface area (Å²) in [7, 11) is 0. The van der Waals surface area contributed by atoms with Crippen LogP contribution in [0.1, 0.15) is 24.5 Å². The van der Waals surface area contributed by atoms with E-state index in [1.54, 1.807) is 31.2 Å². The lowest BCUT2D eigenvalue weighted by atomic mass is 10.0. The average Bonchev–Trinajstić information content (AvgIpc) is 3.15. The third-order valence-corrected chi connectivity index (χ3v) is 6.41. The molecule has 2 atom stereocenters. The Morgan fingerprint density at radius 2 is 1.79 bits per heavy atom. The van der Waals surface area contributed by atoms with Gasteiger partial charge >= 0.3 is 0 Å². The van der Waals surface area contributed by atoms with Crippen molar-refractivity contribution in [2.24, 2.45) is 5.92 Å². The molecule has 3 rings (SSSR count). The zero-order chi connectivity index (χ0) is 24.8. The monoisotopic (exact) mass is 507 g/mol. The van der Waals surface area contributed by atoms with E-state index >= 15 is 0 Å². The second-order valence-electron chi connectivity index (χ2n) is 8.13. The van der Waals surface area contributed by atoms with E-state index in [0.717, 1.165) is 5.56 Å². The van der Waals surface area contributed by atoms with E-state index in [9.17, 15) is 23.6 Å². The number of hydrogen-bond acceptors (Lipinski definition) is 4. The number of ketones is 1. The highest BCUT2D eigenvalue weighted by Crippen LogP contribution is 2.24. The zero-order valence-electron chi connectivity index (χ0n) is 18.4. The second-order valence-corrected chi connectivity index (χ2v) is 8.95. The quantitative estimate of drug-likeness (QED) is 0.402. The Hall–Kier alpha value is -2.97. The summed E-state index contributed by atoms with van der Waals surface area (Å²) in [6.07, 6.45) is 1.03. The molecule has 1 saturated heterocycles. The number of nitrogens with one attached hydrogen (secondary N) is 2. The van der Waals surface area contributed by atoms with Crippen LogP contribution in [0.3, 0.4) is 0 Å². The largest absolute Gasteiger partial charge is 0.350 e. The zero-order valence-corrected chi connectivity index (χ0v) is 20.0. The number of carbonyl (C=O) groups is 4. The molecule has 1 heterocycles. The molecule has 1 aliphatic rings. The van der Waals surface area contributed by atoms with Crippen molar-refractivity contribution >= 4 is 46.7 Å². The molecule has 0 aromatic heterocycles. The van der Waals surface area contributed by atoms with Gasteiger partial charge in [-0.1, -0.05) is 41.4 Å². The predicted molar refractivity (Wildman–Crippen MR) is 126 cm³/mol. The number of hydrogen-bond donors (Lipinski definition) is 2. The van der Waals surface area contributed by atoms with Crippen LogP contribution in [0.15, 0.2) is 42.5 Å². The molecule has 10 heteroatoms. The molecule has 1 aliphatic heterocycles. The molecule has 2 aromatic carbocycles. The minimum absolute atomic E-state index is 0.0935. The van der Waals surface area contributed by atoms with E-state index in [2.05, 4.69) is 10.6 Å². The summed E-state index contributed by atoms with van der Waals surface area (Å²) in [5.74, 6) is -4.18. The van der Waals surface area contributed by atoms with Gasteiger partial charge < -0.3 is 15.5 Å². The number of amides is 3. The van der Waals surface area contributed by atoms with Crippen LogP contribution < -0.4 is 10.6 Å². The summed E-state index contributed by atoms with van der Waals surface area (Å²) >= 11 is 12.0. The highest BCUT2D eigenvalue weighted by molar-refractivity contribution is 6.42. The number of benzene rings is 2. The highest BCUT2D eigenvalue weighted by atomic mass is 35.5. The number of nitrogens with zero attached hydrogens (tertiary/aromatic N) is 1. The van der Waals surface area contributed by atoms with Gasteiger partial charge in [0, 0.05) is 19.1 Å². The minimum Gasteiger partial charge on any atom is -0.350 e. The smallest absolute Gasteiger partial charge is 0.288 e. The molecular weight excluding hydrogens is 484 g/mol.